The summed E-state index contributed by atoms with van der Waals surface area (Å²) in [6.07, 6.45) is 0. The van der Waals surface area contributed by atoms with Gasteiger partial charge in [-0.2, -0.15) is 8.42 Å². The van der Waals surface area contributed by atoms with Crippen LogP contribution in [0.25, 0.3) is 0 Å². The minimum absolute atomic E-state index is 0. The third kappa shape index (κ3) is 466. The largest absolute Gasteiger partial charge is 2.00 e. The van der Waals surface area contributed by atoms with Crippen molar-refractivity contribution in [3.8, 4) is 0 Å². The van der Waals surface area contributed by atoms with Gasteiger partial charge in [-0.15, -0.1) is 9.05 Å². The summed E-state index contributed by atoms with van der Waals surface area (Å²) in [4.78, 5) is 33.1. The first kappa shape index (κ1) is 23.5. The summed E-state index contributed by atoms with van der Waals surface area (Å²) in [5, 5.41) is 0. The van der Waals surface area contributed by atoms with Gasteiger partial charge in [-0.1, -0.05) is 0 Å². The molecule has 0 saturated heterocycles. The Kier molecular flexibility index (Phi) is 18.1. The van der Waals surface area contributed by atoms with E-state index < -0.39 is 19.4 Å². The summed E-state index contributed by atoms with van der Waals surface area (Å²) in [5.41, 5.74) is 0. The Bertz CT molecular complexity index is 154. The molecule has 0 heterocycles. The van der Waals surface area contributed by atoms with Crippen LogP contribution in [0.15, 0.2) is 0 Å². The van der Waals surface area contributed by atoms with Crippen LogP contribution in [0, 0.1) is 0 Å². The molecule has 0 bridgehead atoms. The molecular formula is H3MgNaO8SSi. The van der Waals surface area contributed by atoms with Crippen molar-refractivity contribution < 1.29 is 66.3 Å². The van der Waals surface area contributed by atoms with Crippen molar-refractivity contribution in [3.63, 3.8) is 0 Å². The molecule has 0 spiro atoms. The molecule has 12 heavy (non-hydrogen) atoms. The molecule has 8 nitrogen and oxygen atoms in total. The second kappa shape index (κ2) is 9.26. The third-order valence-corrected chi connectivity index (χ3v) is 0. The van der Waals surface area contributed by atoms with Gasteiger partial charge in [0.2, 0.25) is 0 Å². The van der Waals surface area contributed by atoms with Gasteiger partial charge in [0.25, 0.3) is 0 Å². The van der Waals surface area contributed by atoms with Crippen molar-refractivity contribution in [2.75, 3.05) is 0 Å². The van der Waals surface area contributed by atoms with Gasteiger partial charge in [0.1, 0.15) is 0 Å². The van der Waals surface area contributed by atoms with Gasteiger partial charge in [0.05, 0.1) is 0 Å². The molecule has 0 aliphatic heterocycles. The van der Waals surface area contributed by atoms with Crippen LogP contribution in [0.4, 0.5) is 0 Å². The molecule has 0 aromatic heterocycles. The van der Waals surface area contributed by atoms with E-state index in [0.29, 0.717) is 0 Å². The van der Waals surface area contributed by atoms with E-state index in [1.54, 1.807) is 0 Å². The maximum Gasteiger partial charge on any atom is 2.00 e. The SMILES string of the molecule is O=S(=O)(O)O.[Mg+2].[Na+].[O-][Si]([O-])([O-])O. The Balaban J connectivity index is -0.0000000457. The summed E-state index contributed by atoms with van der Waals surface area (Å²) in [5.74, 6) is 0. The smallest absolute Gasteiger partial charge is 0.861 e. The number of hydrogen-bond donors (Lipinski definition) is 3. The Hall–Kier alpha value is 1.69. The van der Waals surface area contributed by atoms with Crippen LogP contribution in [0.5, 0.6) is 0 Å². The maximum absolute atomic E-state index is 8.74. The fourth-order valence-electron chi connectivity index (χ4n) is 0. The standard InChI is InChI=1S/Mg.Na.H2O4S.HO4Si/c;;2*1-5(2,3)4/h;;(H2,1,2,3,4);1H/q+2;+1;;-3. The van der Waals surface area contributed by atoms with Crippen molar-refractivity contribution in [2.24, 2.45) is 0 Å². The molecule has 0 radical (unpaired) electrons. The van der Waals surface area contributed by atoms with E-state index in [1.807, 2.05) is 0 Å². The average molecular weight is 238 g/mol. The quantitative estimate of drug-likeness (QED) is 0.276. The molecule has 0 aromatic rings. The molecule has 3 N–H and O–H groups in total. The monoisotopic (exact) mass is 238 g/mol. The fourth-order valence-corrected chi connectivity index (χ4v) is 0. The van der Waals surface area contributed by atoms with Crippen molar-refractivity contribution in [1.82, 2.24) is 0 Å². The zero-order valence-corrected chi connectivity index (χ0v) is 11.2. The van der Waals surface area contributed by atoms with Crippen molar-refractivity contribution in [1.29, 1.82) is 0 Å². The van der Waals surface area contributed by atoms with E-state index in [-0.39, 0.29) is 52.6 Å². The molecule has 12 heteroatoms. The summed E-state index contributed by atoms with van der Waals surface area (Å²) in [6, 6.07) is 0. The van der Waals surface area contributed by atoms with E-state index >= 15 is 0 Å². The molecular weight excluding hydrogens is 235 g/mol. The van der Waals surface area contributed by atoms with E-state index in [9.17, 15) is 0 Å². The molecule has 0 aliphatic rings. The van der Waals surface area contributed by atoms with E-state index in [1.165, 1.54) is 0 Å². The summed E-state index contributed by atoms with van der Waals surface area (Å²) < 4.78 is 31.6. The first-order chi connectivity index (χ1) is 4.00. The Morgan fingerprint density at radius 1 is 1.08 bits per heavy atom. The van der Waals surface area contributed by atoms with Crippen molar-refractivity contribution >= 4 is 42.5 Å². The van der Waals surface area contributed by atoms with Crippen LogP contribution < -0.4 is 43.9 Å². The van der Waals surface area contributed by atoms with Gasteiger partial charge in [0.15, 0.2) is 0 Å². The maximum atomic E-state index is 8.74. The second-order valence-corrected chi connectivity index (χ2v) is 2.92. The topological polar surface area (TPSA) is 164 Å². The Morgan fingerprint density at radius 2 is 1.08 bits per heavy atom. The predicted molar refractivity (Wildman–Crippen MR) is 27.9 cm³/mol. The normalized spacial score (nSPS) is 9.83. The van der Waals surface area contributed by atoms with E-state index in [0.717, 1.165) is 0 Å². The fraction of sp³-hybridized carbons (Fsp3) is 0. The molecule has 0 aliphatic carbocycles. The molecule has 0 rings (SSSR count). The van der Waals surface area contributed by atoms with Crippen molar-refractivity contribution in [3.05, 3.63) is 0 Å². The van der Waals surface area contributed by atoms with Crippen LogP contribution in [-0.4, -0.2) is 54.4 Å². The molecule has 0 aromatic carbocycles. The average Bonchev–Trinajstić information content (AvgIpc) is 1.12. The molecule has 0 unspecified atom stereocenters. The number of rotatable bonds is 0. The van der Waals surface area contributed by atoms with Crippen LogP contribution in [0.2, 0.25) is 0 Å². The van der Waals surface area contributed by atoms with Crippen LogP contribution in [0.3, 0.4) is 0 Å². The molecule has 0 saturated carbocycles. The minimum Gasteiger partial charge on any atom is -0.861 e. The molecule has 0 fully saturated rings. The van der Waals surface area contributed by atoms with Crippen LogP contribution in [0.1, 0.15) is 0 Å². The zero-order valence-electron chi connectivity index (χ0n) is 6.00. The Morgan fingerprint density at radius 3 is 1.08 bits per heavy atom. The van der Waals surface area contributed by atoms with Gasteiger partial charge in [-0.3, -0.25) is 9.11 Å². The second-order valence-electron chi connectivity index (χ2n) is 0.972. The summed E-state index contributed by atoms with van der Waals surface area (Å²) >= 11 is 0. The molecule has 0 amide bonds. The van der Waals surface area contributed by atoms with Gasteiger partial charge in [0, 0.05) is 0 Å². The summed E-state index contributed by atoms with van der Waals surface area (Å²) in [6.45, 7) is 0. The molecule has 64 valence electrons. The van der Waals surface area contributed by atoms with E-state index in [4.69, 9.17) is 36.7 Å². The molecule has 0 atom stereocenters. The van der Waals surface area contributed by atoms with Crippen LogP contribution in [-0.2, 0) is 10.4 Å². The number of hydrogen-bond acceptors (Lipinski definition) is 6. The first-order valence-electron chi connectivity index (χ1n) is 1.53. The minimum atomic E-state index is -5.36. The first-order valence-corrected chi connectivity index (χ1v) is 4.60. The van der Waals surface area contributed by atoms with Gasteiger partial charge >= 0.3 is 63.0 Å². The van der Waals surface area contributed by atoms with Crippen LogP contribution >= 0.6 is 0 Å². The predicted octanol–water partition coefficient (Wildman–Crippen LogP) is -8.53. The van der Waals surface area contributed by atoms with Gasteiger partial charge in [-0.05, 0) is 0 Å². The zero-order chi connectivity index (χ0) is 9.00. The van der Waals surface area contributed by atoms with Gasteiger partial charge in [-0.25, -0.2) is 0 Å². The van der Waals surface area contributed by atoms with Crippen molar-refractivity contribution in [2.45, 2.75) is 0 Å². The third-order valence-electron chi connectivity index (χ3n) is 0. The van der Waals surface area contributed by atoms with E-state index in [2.05, 4.69) is 0 Å². The van der Waals surface area contributed by atoms with Gasteiger partial charge < -0.3 is 19.2 Å². The summed E-state index contributed by atoms with van der Waals surface area (Å²) in [7, 11) is -10.0. The Labute approximate surface area is 108 Å².